The molecule has 0 atom stereocenters. The van der Waals surface area contributed by atoms with Crippen LogP contribution in [-0.2, 0) is 0 Å². The van der Waals surface area contributed by atoms with E-state index in [9.17, 15) is 0 Å². The zero-order valence-corrected chi connectivity index (χ0v) is 6.19. The summed E-state index contributed by atoms with van der Waals surface area (Å²) < 4.78 is 0. The van der Waals surface area contributed by atoms with Crippen molar-refractivity contribution in [1.82, 2.24) is 0 Å². The van der Waals surface area contributed by atoms with E-state index in [2.05, 4.69) is 29.3 Å². The van der Waals surface area contributed by atoms with Gasteiger partial charge in [-0.15, -0.1) is 0 Å². The summed E-state index contributed by atoms with van der Waals surface area (Å²) >= 11 is 4.45. The number of rotatable bonds is 1. The fourth-order valence-corrected chi connectivity index (χ4v) is 0.767. The number of nitrogens with zero attached hydrogens (tertiary/aromatic N) is 1. The molecule has 2 heteroatoms. The molecular weight excluding hydrogens is 142 g/mol. The number of benzene rings is 1. The fourth-order valence-electron chi connectivity index (χ4n) is 0.669. The molecule has 0 bridgehead atoms. The van der Waals surface area contributed by atoms with Crippen molar-refractivity contribution in [1.29, 1.82) is 0 Å². The third-order valence-corrected chi connectivity index (χ3v) is 1.25. The van der Waals surface area contributed by atoms with Crippen LogP contribution >= 0.6 is 12.2 Å². The van der Waals surface area contributed by atoms with Crippen molar-refractivity contribution in [2.75, 3.05) is 0 Å². The van der Waals surface area contributed by atoms with Crippen LogP contribution in [0.25, 0.3) is 0 Å². The van der Waals surface area contributed by atoms with Gasteiger partial charge in [-0.05, 0) is 30.8 Å². The topological polar surface area (TPSA) is 12.4 Å². The first-order chi connectivity index (χ1) is 4.84. The maximum atomic E-state index is 4.45. The van der Waals surface area contributed by atoms with Crippen molar-refractivity contribution in [2.24, 2.45) is 4.99 Å². The maximum absolute atomic E-state index is 4.45. The van der Waals surface area contributed by atoms with Gasteiger partial charge in [0, 0.05) is 0 Å². The van der Waals surface area contributed by atoms with Crippen molar-refractivity contribution in [3.05, 3.63) is 36.8 Å². The smallest absolute Gasteiger partial charge is 0.0771 e. The molecule has 49 valence electrons. The maximum Gasteiger partial charge on any atom is 0.0771 e. The molecule has 1 nitrogen and oxygen atoms in total. The predicted molar refractivity (Wildman–Crippen MR) is 45.6 cm³/mol. The lowest BCUT2D eigenvalue weighted by Gasteiger charge is -1.93. The molecule has 1 aromatic carbocycles. The van der Waals surface area contributed by atoms with Crippen LogP contribution in [0, 0.1) is 6.92 Å². The standard InChI is InChI=1S/C8H6NS/c1-7-4-2-3-5-8(7)9-6-10/h2-5H,1H2. The second-order valence-electron chi connectivity index (χ2n) is 1.83. The molecule has 0 amide bonds. The molecule has 0 fully saturated rings. The van der Waals surface area contributed by atoms with E-state index < -0.39 is 0 Å². The van der Waals surface area contributed by atoms with Gasteiger partial charge in [0.1, 0.15) is 0 Å². The normalized spacial score (nSPS) is 8.50. The molecule has 0 unspecified atom stereocenters. The summed E-state index contributed by atoms with van der Waals surface area (Å²) in [5, 5.41) is 2.29. The highest BCUT2D eigenvalue weighted by atomic mass is 32.1. The summed E-state index contributed by atoms with van der Waals surface area (Å²) in [7, 11) is 0. The summed E-state index contributed by atoms with van der Waals surface area (Å²) in [6.07, 6.45) is 0. The highest BCUT2D eigenvalue weighted by molar-refractivity contribution is 7.78. The predicted octanol–water partition coefficient (Wildman–Crippen LogP) is 2.60. The van der Waals surface area contributed by atoms with Crippen molar-refractivity contribution in [2.45, 2.75) is 0 Å². The molecule has 0 saturated carbocycles. The van der Waals surface area contributed by atoms with Gasteiger partial charge in [0.15, 0.2) is 0 Å². The number of hydrogen-bond donors (Lipinski definition) is 0. The Kier molecular flexibility index (Phi) is 2.32. The van der Waals surface area contributed by atoms with Crippen LogP contribution in [0.15, 0.2) is 29.3 Å². The van der Waals surface area contributed by atoms with Crippen molar-refractivity contribution in [3.63, 3.8) is 0 Å². The largest absolute Gasteiger partial charge is 0.194 e. The molecule has 0 aliphatic heterocycles. The molecular formula is C8H6NS. The number of hydrogen-bond acceptors (Lipinski definition) is 2. The molecule has 1 aromatic rings. The number of aliphatic imine (C=N–C) groups is 1. The van der Waals surface area contributed by atoms with Gasteiger partial charge < -0.3 is 0 Å². The van der Waals surface area contributed by atoms with Gasteiger partial charge in [-0.3, -0.25) is 0 Å². The quantitative estimate of drug-likeness (QED) is 0.440. The van der Waals surface area contributed by atoms with E-state index in [1.807, 2.05) is 24.3 Å². The van der Waals surface area contributed by atoms with Gasteiger partial charge in [-0.1, -0.05) is 18.2 Å². The molecule has 0 aliphatic carbocycles. The van der Waals surface area contributed by atoms with E-state index in [-0.39, 0.29) is 0 Å². The average Bonchev–Trinajstić information content (AvgIpc) is 1.94. The molecule has 1 radical (unpaired) electrons. The first-order valence-corrected chi connectivity index (χ1v) is 3.24. The SMILES string of the molecule is [CH2]c1ccccc1N=C=S. The minimum atomic E-state index is 0.789. The molecule has 0 aromatic heterocycles. The number of thiocarbonyl (C=S) groups is 1. The van der Waals surface area contributed by atoms with Gasteiger partial charge in [-0.2, -0.15) is 4.99 Å². The average molecular weight is 148 g/mol. The molecule has 10 heavy (non-hydrogen) atoms. The Hall–Kier alpha value is -0.980. The van der Waals surface area contributed by atoms with E-state index in [1.54, 1.807) is 0 Å². The lowest BCUT2D eigenvalue weighted by Crippen LogP contribution is -1.70. The summed E-state index contributed by atoms with van der Waals surface area (Å²) in [4.78, 5) is 3.81. The lowest BCUT2D eigenvalue weighted by molar-refractivity contribution is 1.50. The van der Waals surface area contributed by atoms with Crippen LogP contribution in [0.3, 0.4) is 0 Å². The first-order valence-electron chi connectivity index (χ1n) is 2.83. The van der Waals surface area contributed by atoms with Gasteiger partial charge in [-0.25, -0.2) is 0 Å². The van der Waals surface area contributed by atoms with Crippen LogP contribution in [0.1, 0.15) is 5.56 Å². The third kappa shape index (κ3) is 1.50. The Morgan fingerprint density at radius 2 is 2.10 bits per heavy atom. The molecule has 0 heterocycles. The van der Waals surface area contributed by atoms with Gasteiger partial charge in [0.05, 0.1) is 10.8 Å². The Morgan fingerprint density at radius 3 is 2.70 bits per heavy atom. The highest BCUT2D eigenvalue weighted by Gasteiger charge is 1.89. The molecule has 1 rings (SSSR count). The van der Waals surface area contributed by atoms with Crippen LogP contribution in [0.4, 0.5) is 5.69 Å². The van der Waals surface area contributed by atoms with Crippen molar-refractivity contribution >= 4 is 23.1 Å². The van der Waals surface area contributed by atoms with Gasteiger partial charge >= 0.3 is 0 Å². The van der Waals surface area contributed by atoms with E-state index in [0.717, 1.165) is 11.3 Å². The lowest BCUT2D eigenvalue weighted by atomic mass is 10.2. The third-order valence-electron chi connectivity index (χ3n) is 1.16. The van der Waals surface area contributed by atoms with E-state index in [4.69, 9.17) is 0 Å². The van der Waals surface area contributed by atoms with Gasteiger partial charge in [0.25, 0.3) is 0 Å². The summed E-state index contributed by atoms with van der Waals surface area (Å²) in [6.45, 7) is 3.76. The zero-order chi connectivity index (χ0) is 7.40. The highest BCUT2D eigenvalue weighted by Crippen LogP contribution is 2.15. The zero-order valence-electron chi connectivity index (χ0n) is 5.37. The molecule has 0 N–H and O–H groups in total. The second-order valence-corrected chi connectivity index (χ2v) is 2.01. The minimum absolute atomic E-state index is 0.789. The van der Waals surface area contributed by atoms with E-state index in [0.29, 0.717) is 0 Å². The van der Waals surface area contributed by atoms with E-state index >= 15 is 0 Å². The molecule has 0 saturated heterocycles. The summed E-state index contributed by atoms with van der Waals surface area (Å²) in [5.41, 5.74) is 1.66. The Balaban J connectivity index is 3.14. The van der Waals surface area contributed by atoms with E-state index in [1.165, 1.54) is 0 Å². The Morgan fingerprint density at radius 1 is 1.40 bits per heavy atom. The van der Waals surface area contributed by atoms with Crippen LogP contribution in [0.5, 0.6) is 0 Å². The van der Waals surface area contributed by atoms with Crippen LogP contribution < -0.4 is 0 Å². The molecule has 0 spiro atoms. The Labute approximate surface area is 65.4 Å². The summed E-state index contributed by atoms with van der Waals surface area (Å²) in [5.74, 6) is 0. The van der Waals surface area contributed by atoms with Gasteiger partial charge in [0.2, 0.25) is 0 Å². The fraction of sp³-hybridized carbons (Fsp3) is 0. The molecule has 0 aliphatic rings. The second kappa shape index (κ2) is 3.25. The van der Waals surface area contributed by atoms with Crippen molar-refractivity contribution in [3.8, 4) is 0 Å². The first kappa shape index (κ1) is 7.13. The minimum Gasteiger partial charge on any atom is -0.194 e. The monoisotopic (exact) mass is 148 g/mol. The summed E-state index contributed by atoms with van der Waals surface area (Å²) in [6, 6.07) is 7.53. The van der Waals surface area contributed by atoms with Crippen molar-refractivity contribution < 1.29 is 0 Å². The van der Waals surface area contributed by atoms with Crippen LogP contribution in [0.2, 0.25) is 0 Å². The van der Waals surface area contributed by atoms with Crippen LogP contribution in [-0.4, -0.2) is 5.16 Å². The number of isothiocyanates is 1. The Bertz CT molecular complexity index is 274. The number of para-hydroxylation sites is 1.